The molecule has 3 aromatic rings. The molecule has 0 fully saturated rings. The largest absolute Gasteiger partial charge is 0.537 e. The molecule has 4 nitrogen and oxygen atoms in total. The van der Waals surface area contributed by atoms with Crippen molar-refractivity contribution in [3.8, 4) is 0 Å². The van der Waals surface area contributed by atoms with Gasteiger partial charge in [0, 0.05) is 31.4 Å². The highest BCUT2D eigenvalue weighted by atomic mass is 33.9. The molecule has 0 aliphatic carbocycles. The molecule has 28 heavy (non-hydrogen) atoms. The normalized spacial score (nSPS) is 12.0. The van der Waals surface area contributed by atoms with Crippen molar-refractivity contribution in [2.45, 2.75) is 9.24 Å². The maximum absolute atomic E-state index is 5.63. The molecule has 12 heteroatoms. The minimum absolute atomic E-state index is 0.988. The van der Waals surface area contributed by atoms with Crippen molar-refractivity contribution < 1.29 is 13.3 Å². The van der Waals surface area contributed by atoms with Crippen molar-refractivity contribution in [3.05, 3.63) is 48.5 Å². The second kappa shape index (κ2) is 11.8. The first-order chi connectivity index (χ1) is 13.7. The van der Waals surface area contributed by atoms with E-state index in [4.69, 9.17) is 13.3 Å². The lowest BCUT2D eigenvalue weighted by atomic mass is 10.3. The highest BCUT2D eigenvalue weighted by molar-refractivity contribution is 9.41. The van der Waals surface area contributed by atoms with Crippen molar-refractivity contribution >= 4 is 96.4 Å². The van der Waals surface area contributed by atoms with Gasteiger partial charge in [-0.3, -0.25) is 0 Å². The molecule has 1 heterocycles. The Kier molecular flexibility index (Phi) is 9.77. The van der Waals surface area contributed by atoms with Crippen LogP contribution in [0.25, 0.3) is 10.2 Å². The van der Waals surface area contributed by atoms with Crippen molar-refractivity contribution in [1.29, 1.82) is 0 Å². The second-order valence-electron chi connectivity index (χ2n) is 5.05. The number of aromatic nitrogens is 1. The van der Waals surface area contributed by atoms with Gasteiger partial charge < -0.3 is 13.3 Å². The Morgan fingerprint density at radius 3 is 2.14 bits per heavy atom. The quantitative estimate of drug-likeness (QED) is 0.153. The number of fused-ring (bicyclic) bond motifs is 1. The van der Waals surface area contributed by atoms with Gasteiger partial charge in [0.1, 0.15) is 0 Å². The Balaban J connectivity index is 1.48. The van der Waals surface area contributed by atoms with Gasteiger partial charge in [-0.15, -0.1) is 11.3 Å². The molecule has 1 aromatic heterocycles. The van der Waals surface area contributed by atoms with Crippen LogP contribution in [0.15, 0.2) is 57.8 Å². The van der Waals surface area contributed by atoms with Gasteiger partial charge in [-0.25, -0.2) is 4.98 Å². The first-order valence-electron chi connectivity index (χ1n) is 7.84. The Bertz CT molecular complexity index is 852. The van der Waals surface area contributed by atoms with Crippen molar-refractivity contribution in [3.63, 3.8) is 0 Å². The Hall–Kier alpha value is 0.527. The highest BCUT2D eigenvalue weighted by Crippen LogP contribution is 2.55. The summed E-state index contributed by atoms with van der Waals surface area (Å²) in [5, 5.41) is 0.988. The zero-order valence-electron chi connectivity index (χ0n) is 15.1. The van der Waals surface area contributed by atoms with E-state index in [0.717, 1.165) is 19.9 Å². The monoisotopic (exact) mass is 523 g/mol. The third-order valence-electron chi connectivity index (χ3n) is 3.61. The van der Waals surface area contributed by atoms with Crippen LogP contribution in [0.4, 0.5) is 0 Å². The summed E-state index contributed by atoms with van der Waals surface area (Å²) in [4.78, 5) is 5.73. The molecule has 0 N–H and O–H groups in total. The standard InChI is InChI=1S/C16H17NO3S7Si/c1-18-28(19-2,20-3)15-11-7-6-10-14(15)22-24-26-27-25-23-16-17-12-8-4-5-9-13(12)21-16/h4-11H,1-3H3. The highest BCUT2D eigenvalue weighted by Gasteiger charge is 2.42. The van der Waals surface area contributed by atoms with Gasteiger partial charge in [-0.1, -0.05) is 30.3 Å². The van der Waals surface area contributed by atoms with Gasteiger partial charge in [-0.2, -0.15) is 0 Å². The summed E-state index contributed by atoms with van der Waals surface area (Å²) in [6.45, 7) is 0. The van der Waals surface area contributed by atoms with Crippen molar-refractivity contribution in [2.75, 3.05) is 21.3 Å². The van der Waals surface area contributed by atoms with Crippen LogP contribution in [-0.2, 0) is 13.3 Å². The molecule has 0 saturated heterocycles. The summed E-state index contributed by atoms with van der Waals surface area (Å²) < 4.78 is 19.2. The average molecular weight is 524 g/mol. The molecule has 0 spiro atoms. The zero-order chi connectivity index (χ0) is 19.8. The fraction of sp³-hybridized carbons (Fsp3) is 0.188. The van der Waals surface area contributed by atoms with E-state index in [1.807, 2.05) is 30.3 Å². The predicted octanol–water partition coefficient (Wildman–Crippen LogP) is 6.77. The molecular formula is C16H17NO3S7Si. The average Bonchev–Trinajstić information content (AvgIpc) is 3.16. The molecule has 0 unspecified atom stereocenters. The van der Waals surface area contributed by atoms with Crippen molar-refractivity contribution in [2.24, 2.45) is 0 Å². The van der Waals surface area contributed by atoms with Crippen LogP contribution in [0.1, 0.15) is 0 Å². The van der Waals surface area contributed by atoms with Crippen LogP contribution in [0.2, 0.25) is 0 Å². The number of nitrogens with zero attached hydrogens (tertiary/aromatic N) is 1. The number of hydrogen-bond acceptors (Lipinski definition) is 11. The van der Waals surface area contributed by atoms with E-state index >= 15 is 0 Å². The van der Waals surface area contributed by atoms with E-state index in [2.05, 4.69) is 23.2 Å². The van der Waals surface area contributed by atoms with Crippen LogP contribution >= 0.6 is 72.2 Å². The van der Waals surface area contributed by atoms with Gasteiger partial charge in [0.05, 0.1) is 10.2 Å². The molecule has 0 atom stereocenters. The molecule has 0 aliphatic rings. The molecule has 0 saturated carbocycles. The molecule has 0 radical (unpaired) electrons. The van der Waals surface area contributed by atoms with E-state index in [-0.39, 0.29) is 0 Å². The van der Waals surface area contributed by atoms with Gasteiger partial charge in [0.2, 0.25) is 0 Å². The molecule has 150 valence electrons. The summed E-state index contributed by atoms with van der Waals surface area (Å²) in [6, 6.07) is 16.3. The minimum atomic E-state index is -2.84. The van der Waals surface area contributed by atoms with Crippen LogP contribution < -0.4 is 5.19 Å². The number of para-hydroxylation sites is 1. The molecule has 0 amide bonds. The van der Waals surface area contributed by atoms with E-state index in [0.29, 0.717) is 0 Å². The number of hydrogen-bond donors (Lipinski definition) is 0. The van der Waals surface area contributed by atoms with E-state index in [1.165, 1.54) is 4.70 Å². The summed E-state index contributed by atoms with van der Waals surface area (Å²) in [5.74, 6) is 0. The van der Waals surface area contributed by atoms with Gasteiger partial charge in [-0.05, 0) is 79.1 Å². The lowest BCUT2D eigenvalue weighted by Gasteiger charge is -2.26. The van der Waals surface area contributed by atoms with E-state index in [1.54, 1.807) is 93.6 Å². The molecule has 0 bridgehead atoms. The topological polar surface area (TPSA) is 40.6 Å². The molecular weight excluding hydrogens is 507 g/mol. The van der Waals surface area contributed by atoms with Crippen LogP contribution in [0.5, 0.6) is 0 Å². The smallest absolute Gasteiger partial charge is 0.373 e. The van der Waals surface area contributed by atoms with Gasteiger partial charge in [0.15, 0.2) is 4.34 Å². The van der Waals surface area contributed by atoms with Crippen LogP contribution in [0.3, 0.4) is 0 Å². The Morgan fingerprint density at radius 1 is 0.786 bits per heavy atom. The summed E-state index contributed by atoms with van der Waals surface area (Å²) in [6.07, 6.45) is 0. The lowest BCUT2D eigenvalue weighted by molar-refractivity contribution is 0.140. The Morgan fingerprint density at radius 2 is 1.43 bits per heavy atom. The third kappa shape index (κ3) is 5.81. The zero-order valence-corrected chi connectivity index (χ0v) is 21.9. The maximum atomic E-state index is 5.63. The molecule has 3 rings (SSSR count). The third-order valence-corrected chi connectivity index (χ3v) is 18.4. The van der Waals surface area contributed by atoms with Crippen LogP contribution in [-0.4, -0.2) is 35.1 Å². The number of rotatable bonds is 11. The molecule has 0 aliphatic heterocycles. The minimum Gasteiger partial charge on any atom is -0.373 e. The Labute approximate surface area is 192 Å². The summed E-state index contributed by atoms with van der Waals surface area (Å²) >= 11 is 1.73. The summed E-state index contributed by atoms with van der Waals surface area (Å²) in [5.41, 5.74) is 1.07. The van der Waals surface area contributed by atoms with E-state index in [9.17, 15) is 0 Å². The fourth-order valence-corrected chi connectivity index (χ4v) is 17.5. The number of thiazole rings is 1. The van der Waals surface area contributed by atoms with Crippen LogP contribution in [0, 0.1) is 0 Å². The maximum Gasteiger partial charge on any atom is 0.537 e. The van der Waals surface area contributed by atoms with Gasteiger partial charge >= 0.3 is 8.80 Å². The molecule has 2 aromatic carbocycles. The van der Waals surface area contributed by atoms with Gasteiger partial charge in [0.25, 0.3) is 0 Å². The van der Waals surface area contributed by atoms with E-state index < -0.39 is 8.80 Å². The lowest BCUT2D eigenvalue weighted by Crippen LogP contribution is -2.55. The summed E-state index contributed by atoms with van der Waals surface area (Å²) in [7, 11) is 12.3. The second-order valence-corrected chi connectivity index (χ2v) is 18.5. The first-order valence-corrected chi connectivity index (χ1v) is 17.9. The number of benzene rings is 2. The fourth-order valence-electron chi connectivity index (χ4n) is 2.38. The van der Waals surface area contributed by atoms with Crippen molar-refractivity contribution in [1.82, 2.24) is 4.98 Å². The SMILES string of the molecule is CO[Si](OC)(OC)c1ccccc1SSSSSSc1nc2ccccc2s1. The predicted molar refractivity (Wildman–Crippen MR) is 135 cm³/mol. The first kappa shape index (κ1) is 23.2.